The quantitative estimate of drug-likeness (QED) is 0.423. The zero-order chi connectivity index (χ0) is 24.9. The van der Waals surface area contributed by atoms with E-state index in [2.05, 4.69) is 0 Å². The van der Waals surface area contributed by atoms with Crippen LogP contribution in [0.2, 0.25) is 0 Å². The molecule has 2 saturated heterocycles. The molecule has 1 aromatic carbocycles. The van der Waals surface area contributed by atoms with E-state index >= 15 is 0 Å². The second kappa shape index (κ2) is 10.6. The van der Waals surface area contributed by atoms with E-state index in [1.165, 1.54) is 4.90 Å². The van der Waals surface area contributed by atoms with Crippen LogP contribution in [0.4, 0.5) is 9.59 Å². The third-order valence-electron chi connectivity index (χ3n) is 5.77. The number of imide groups is 1. The molecule has 2 aliphatic rings. The number of allylic oxidation sites excluding steroid dienone is 1. The Bertz CT molecular complexity index is 906. The maximum absolute atomic E-state index is 12.7. The second-order valence-electron chi connectivity index (χ2n) is 10.2. The van der Waals surface area contributed by atoms with Gasteiger partial charge in [0.05, 0.1) is 18.7 Å². The largest absolute Gasteiger partial charge is 0.447 e. The number of unbranched alkanes of at least 4 members (excludes halogenated alkanes) is 1. The van der Waals surface area contributed by atoms with Gasteiger partial charge in [-0.25, -0.2) is 14.5 Å². The fourth-order valence-electron chi connectivity index (χ4n) is 4.19. The van der Waals surface area contributed by atoms with Crippen molar-refractivity contribution in [2.45, 2.75) is 83.7 Å². The number of hydrogen-bond acceptors (Lipinski definition) is 6. The highest BCUT2D eigenvalue weighted by Crippen LogP contribution is 2.30. The minimum atomic E-state index is -0.767. The Morgan fingerprint density at radius 3 is 2.56 bits per heavy atom. The van der Waals surface area contributed by atoms with E-state index < -0.39 is 23.5 Å². The van der Waals surface area contributed by atoms with Gasteiger partial charge in [0.2, 0.25) is 5.91 Å². The summed E-state index contributed by atoms with van der Waals surface area (Å²) >= 11 is 0. The summed E-state index contributed by atoms with van der Waals surface area (Å²) in [4.78, 5) is 40.5. The maximum atomic E-state index is 12.7. The van der Waals surface area contributed by atoms with Crippen molar-refractivity contribution in [3.05, 3.63) is 48.0 Å². The van der Waals surface area contributed by atoms with Gasteiger partial charge in [0.1, 0.15) is 17.9 Å². The molecule has 0 aliphatic carbocycles. The number of amides is 3. The molecule has 2 heterocycles. The lowest BCUT2D eigenvalue weighted by atomic mass is 10.1. The number of nitrogens with zero attached hydrogens (tertiary/aromatic N) is 2. The third-order valence-corrected chi connectivity index (χ3v) is 5.77. The number of rotatable bonds is 7. The molecule has 2 aliphatic heterocycles. The highest BCUT2D eigenvalue weighted by Gasteiger charge is 2.44. The fraction of sp³-hybridized carbons (Fsp3) is 0.577. The van der Waals surface area contributed by atoms with Gasteiger partial charge in [0.15, 0.2) is 0 Å². The first-order chi connectivity index (χ1) is 16.0. The zero-order valence-electron chi connectivity index (χ0n) is 20.8. The molecular weight excluding hydrogens is 436 g/mol. The summed E-state index contributed by atoms with van der Waals surface area (Å²) in [6, 6.07) is 9.23. The first kappa shape index (κ1) is 25.7. The first-order valence-electron chi connectivity index (χ1n) is 11.8. The van der Waals surface area contributed by atoms with Crippen molar-refractivity contribution in [2.75, 3.05) is 13.2 Å². The predicted molar refractivity (Wildman–Crippen MR) is 127 cm³/mol. The van der Waals surface area contributed by atoms with Crippen LogP contribution in [0.5, 0.6) is 0 Å². The smallest absolute Gasteiger partial charge is 0.416 e. The van der Waals surface area contributed by atoms with Gasteiger partial charge in [-0.2, -0.15) is 0 Å². The Kier molecular flexibility index (Phi) is 8.02. The fourth-order valence-corrected chi connectivity index (χ4v) is 4.19. The molecule has 0 saturated carbocycles. The Balaban J connectivity index is 1.50. The summed E-state index contributed by atoms with van der Waals surface area (Å²) in [5.74, 6) is -0.224. The van der Waals surface area contributed by atoms with Crippen molar-refractivity contribution in [3.8, 4) is 0 Å². The average molecular weight is 473 g/mol. The molecule has 0 unspecified atom stereocenters. The van der Waals surface area contributed by atoms with Gasteiger partial charge >= 0.3 is 12.2 Å². The van der Waals surface area contributed by atoms with Crippen molar-refractivity contribution in [2.24, 2.45) is 0 Å². The third kappa shape index (κ3) is 6.59. The normalized spacial score (nSPS) is 22.3. The molecule has 1 aromatic rings. The second-order valence-corrected chi connectivity index (χ2v) is 10.2. The van der Waals surface area contributed by atoms with Crippen LogP contribution in [0.25, 0.3) is 0 Å². The minimum absolute atomic E-state index is 0.220. The number of cyclic esters (lactones) is 1. The molecule has 3 rings (SSSR count). The molecule has 0 N–H and O–H groups in total. The average Bonchev–Trinajstić information content (AvgIpc) is 3.25. The Hall–Kier alpha value is -2.87. The predicted octanol–water partition coefficient (Wildman–Crippen LogP) is 4.68. The summed E-state index contributed by atoms with van der Waals surface area (Å²) in [6.45, 7) is 9.76. The van der Waals surface area contributed by atoms with Crippen molar-refractivity contribution in [3.63, 3.8) is 0 Å². The molecule has 0 aromatic heterocycles. The lowest BCUT2D eigenvalue weighted by molar-refractivity contribution is -0.129. The zero-order valence-corrected chi connectivity index (χ0v) is 20.8. The van der Waals surface area contributed by atoms with Crippen LogP contribution in [0.1, 0.15) is 59.4 Å². The Morgan fingerprint density at radius 1 is 1.18 bits per heavy atom. The summed E-state index contributed by atoms with van der Waals surface area (Å²) in [5, 5.41) is 0. The van der Waals surface area contributed by atoms with Gasteiger partial charge in [-0.1, -0.05) is 42.5 Å². The molecule has 0 spiro atoms. The molecule has 8 heteroatoms. The molecule has 8 nitrogen and oxygen atoms in total. The molecular formula is C26H36N2O6. The number of benzene rings is 1. The van der Waals surface area contributed by atoms with Crippen LogP contribution in [-0.2, 0) is 25.4 Å². The number of ether oxygens (including phenoxy) is 3. The van der Waals surface area contributed by atoms with Crippen LogP contribution < -0.4 is 0 Å². The van der Waals surface area contributed by atoms with Crippen LogP contribution >= 0.6 is 0 Å². The molecule has 0 bridgehead atoms. The van der Waals surface area contributed by atoms with E-state index in [1.807, 2.05) is 77.1 Å². The molecule has 3 amide bonds. The van der Waals surface area contributed by atoms with Crippen LogP contribution in [0.15, 0.2) is 42.5 Å². The number of carbonyl (C=O) groups excluding carboxylic acids is 3. The van der Waals surface area contributed by atoms with Crippen molar-refractivity contribution in [1.29, 1.82) is 0 Å². The van der Waals surface area contributed by atoms with E-state index in [0.29, 0.717) is 25.9 Å². The van der Waals surface area contributed by atoms with E-state index in [9.17, 15) is 14.4 Å². The first-order valence-corrected chi connectivity index (χ1v) is 11.8. The highest BCUT2D eigenvalue weighted by molar-refractivity contribution is 5.93. The molecule has 0 radical (unpaired) electrons. The van der Waals surface area contributed by atoms with Crippen molar-refractivity contribution < 1.29 is 28.6 Å². The van der Waals surface area contributed by atoms with Gasteiger partial charge < -0.3 is 14.2 Å². The molecule has 2 fully saturated rings. The van der Waals surface area contributed by atoms with E-state index in [-0.39, 0.29) is 31.0 Å². The SMILES string of the molecule is CC(C)(C)OC(=O)N1[C@H](/C=C\CCCC(=O)N2C(=O)OC[C@H]2Cc2ccccc2)COC1(C)C. The summed E-state index contributed by atoms with van der Waals surface area (Å²) < 4.78 is 16.5. The lowest BCUT2D eigenvalue weighted by Gasteiger charge is -2.34. The summed E-state index contributed by atoms with van der Waals surface area (Å²) in [6.07, 6.45) is 4.92. The molecule has 34 heavy (non-hydrogen) atoms. The van der Waals surface area contributed by atoms with Crippen LogP contribution in [0, 0.1) is 0 Å². The van der Waals surface area contributed by atoms with E-state index in [4.69, 9.17) is 14.2 Å². The van der Waals surface area contributed by atoms with Gasteiger partial charge in [-0.3, -0.25) is 9.69 Å². The highest BCUT2D eigenvalue weighted by atomic mass is 16.6. The monoisotopic (exact) mass is 472 g/mol. The van der Waals surface area contributed by atoms with Gasteiger partial charge in [-0.05, 0) is 59.4 Å². The van der Waals surface area contributed by atoms with Gasteiger partial charge in [0, 0.05) is 6.42 Å². The Labute approximate surface area is 201 Å². The van der Waals surface area contributed by atoms with Gasteiger partial charge in [0.25, 0.3) is 0 Å². The topological polar surface area (TPSA) is 85.4 Å². The van der Waals surface area contributed by atoms with E-state index in [0.717, 1.165) is 5.56 Å². The molecule has 186 valence electrons. The van der Waals surface area contributed by atoms with Crippen LogP contribution in [0.3, 0.4) is 0 Å². The summed E-state index contributed by atoms with van der Waals surface area (Å²) in [5.41, 5.74) is -0.306. The lowest BCUT2D eigenvalue weighted by Crippen LogP contribution is -2.49. The molecule has 2 atom stereocenters. The standard InChI is InChI=1S/C26H36N2O6/c1-25(2,3)34-24(31)28-20(18-33-26(28,4)5)14-10-7-11-15-22(29)27-21(17-32-23(27)30)16-19-12-8-6-9-13-19/h6,8-10,12-14,20-21H,7,11,15-18H2,1-5H3/b14-10-/t20-,21-/m1/s1. The maximum Gasteiger partial charge on any atom is 0.416 e. The number of carbonyl (C=O) groups is 3. The van der Waals surface area contributed by atoms with Crippen molar-refractivity contribution in [1.82, 2.24) is 9.80 Å². The minimum Gasteiger partial charge on any atom is -0.447 e. The number of hydrogen-bond donors (Lipinski definition) is 0. The Morgan fingerprint density at radius 2 is 1.88 bits per heavy atom. The van der Waals surface area contributed by atoms with Crippen LogP contribution in [-0.4, -0.2) is 64.5 Å². The van der Waals surface area contributed by atoms with E-state index in [1.54, 1.807) is 4.90 Å². The van der Waals surface area contributed by atoms with Gasteiger partial charge in [-0.15, -0.1) is 0 Å². The summed E-state index contributed by atoms with van der Waals surface area (Å²) in [7, 11) is 0. The van der Waals surface area contributed by atoms with Crippen molar-refractivity contribution >= 4 is 18.1 Å².